The van der Waals surface area contributed by atoms with Gasteiger partial charge < -0.3 is 44.7 Å². The number of benzene rings is 4. The number of fused-ring (bicyclic) bond motifs is 2. The Morgan fingerprint density at radius 2 is 0.979 bits per heavy atom. The smallest absolute Gasteiger partial charge is 0.460 e. The molecule has 4 aromatic heterocycles. The van der Waals surface area contributed by atoms with Gasteiger partial charge >= 0.3 is 31.8 Å². The number of aromatic amines is 2. The van der Waals surface area contributed by atoms with Crippen molar-refractivity contribution in [2.75, 3.05) is 36.9 Å². The number of hydrogen-bond donors (Lipinski definition) is 7. The van der Waals surface area contributed by atoms with Crippen molar-refractivity contribution in [1.29, 1.82) is 0 Å². The molecule has 0 bridgehead atoms. The van der Waals surface area contributed by atoms with Crippen LogP contribution in [0.25, 0.3) is 44.3 Å². The largest absolute Gasteiger partial charge is 0.476 e. The number of halogens is 2. The molecule has 25 nitrogen and oxygen atoms in total. The van der Waals surface area contributed by atoms with E-state index in [1.165, 1.54) is 38.6 Å². The Kier molecular flexibility index (Phi) is 25.6. The molecule has 4 aromatic carbocycles. The number of ether oxygens (including phenoxy) is 4. The lowest BCUT2D eigenvalue weighted by Crippen LogP contribution is -2.28. The van der Waals surface area contributed by atoms with Gasteiger partial charge in [-0.1, -0.05) is 60.7 Å². The first-order valence-electron chi connectivity index (χ1n) is 31.5. The van der Waals surface area contributed by atoms with E-state index >= 15 is 8.78 Å². The van der Waals surface area contributed by atoms with Gasteiger partial charge in [0, 0.05) is 98.3 Å². The molecule has 2 fully saturated rings. The summed E-state index contributed by atoms with van der Waals surface area (Å²) < 4.78 is 85.0. The number of anilines is 2. The number of carbonyl (C=O) groups excluding carboxylic acids is 4. The van der Waals surface area contributed by atoms with E-state index in [0.29, 0.717) is 83.5 Å². The number of rotatable bonds is 18. The third-order valence-electron chi connectivity index (χ3n) is 13.9. The lowest BCUT2D eigenvalue weighted by Gasteiger charge is -2.28. The zero-order valence-corrected chi connectivity index (χ0v) is 57.6. The van der Waals surface area contributed by atoms with Crippen LogP contribution in [0.4, 0.5) is 30.3 Å². The molecule has 0 aliphatic carbocycles. The summed E-state index contributed by atoms with van der Waals surface area (Å²) in [6.45, 7) is 25.9. The van der Waals surface area contributed by atoms with E-state index in [0.717, 1.165) is 24.0 Å². The highest BCUT2D eigenvalue weighted by Crippen LogP contribution is 2.56. The van der Waals surface area contributed by atoms with Crippen LogP contribution >= 0.6 is 7.82 Å². The van der Waals surface area contributed by atoms with Crippen molar-refractivity contribution >= 4 is 65.8 Å². The molecule has 2 saturated heterocycles. The fourth-order valence-corrected chi connectivity index (χ4v) is 11.4. The van der Waals surface area contributed by atoms with E-state index < -0.39 is 54.9 Å². The number of phosphoric ester groups is 1. The van der Waals surface area contributed by atoms with Gasteiger partial charge in [0.15, 0.2) is 11.6 Å². The van der Waals surface area contributed by atoms with Gasteiger partial charge in [0.1, 0.15) is 34.0 Å². The maximum absolute atomic E-state index is 16.4. The number of aliphatic hydroxyl groups is 1. The van der Waals surface area contributed by atoms with E-state index in [9.17, 15) is 28.8 Å². The third-order valence-corrected chi connectivity index (χ3v) is 15.4. The summed E-state index contributed by atoms with van der Waals surface area (Å²) in [7, 11) is -4.17. The predicted molar refractivity (Wildman–Crippen MR) is 358 cm³/mol. The maximum Gasteiger partial charge on any atom is 0.476 e. The van der Waals surface area contributed by atoms with Crippen molar-refractivity contribution < 1.29 is 70.1 Å². The van der Waals surface area contributed by atoms with Gasteiger partial charge in [0.05, 0.1) is 47.5 Å². The molecule has 8 aromatic rings. The number of aromatic nitrogens is 8. The lowest BCUT2D eigenvalue weighted by molar-refractivity contribution is -0.153. The molecule has 7 N–H and O–H groups in total. The summed E-state index contributed by atoms with van der Waals surface area (Å²) in [4.78, 5) is 76.9. The van der Waals surface area contributed by atoms with Crippen LogP contribution in [0.5, 0.6) is 0 Å². The standard InChI is InChI=1S/C35H38FN6O6P.C21H25FN6O3.2C6H12O2/c1-4-37-34(43)42-33-40-27-18-26(30(36)29(31(27)41-33)28-16-11-17-45-28)25-19-38-32(39-20-25)35(2,3)48-49(44,46-21-23-12-7-5-8-13-23)47-22-24-14-9-6-10-15-24;1-4-23-20(29)28-19-26-13-8-12(11-9-24-18(25-10-11)21(2,3)30)16(22)15(17(13)27-19)14-6-5-7-31-14;2*1-5(7)8-6(2,3)4/h5-10,12-15,18-20,28H,4,11,16-17,21-22H2,1-3H3,(H3,37,40,41,42,43);8-10,14,30H,4-7H2,1-3H3,(H3,23,26,27,28,29);2*1-4H3/t28-;14-;;/m11../s1. The van der Waals surface area contributed by atoms with E-state index in [1.54, 1.807) is 53.7 Å². The van der Waals surface area contributed by atoms with Gasteiger partial charge in [-0.3, -0.25) is 33.8 Å². The number of imidazole rings is 2. The molecule has 4 amide bonds. The average Bonchev–Trinajstić information content (AvgIpc) is 1.48. The monoisotopic (exact) mass is 1350 g/mol. The number of phosphoric acid groups is 1. The van der Waals surface area contributed by atoms with Gasteiger partial charge in [-0.25, -0.2) is 52.8 Å². The number of hydrogen-bond acceptors (Lipinski definition) is 19. The average molecular weight is 1350 g/mol. The molecule has 0 radical (unpaired) electrons. The molecule has 2 aliphatic heterocycles. The normalized spacial score (nSPS) is 14.9. The fourth-order valence-electron chi connectivity index (χ4n) is 9.96. The minimum absolute atomic E-state index is 0.00824. The summed E-state index contributed by atoms with van der Waals surface area (Å²) >= 11 is 0. The first kappa shape index (κ1) is 74.7. The molecule has 0 spiro atoms. The van der Waals surface area contributed by atoms with Crippen LogP contribution in [0.1, 0.15) is 169 Å². The Hall–Kier alpha value is -8.69. The summed E-state index contributed by atoms with van der Waals surface area (Å²) in [6.07, 6.45) is 7.89. The zero-order valence-electron chi connectivity index (χ0n) is 56.7. The summed E-state index contributed by atoms with van der Waals surface area (Å²) in [5, 5.41) is 20.6. The number of nitrogens with zero attached hydrogens (tertiary/aromatic N) is 6. The van der Waals surface area contributed by atoms with Crippen LogP contribution in [0.2, 0.25) is 0 Å². The maximum atomic E-state index is 16.4. The summed E-state index contributed by atoms with van der Waals surface area (Å²) in [6, 6.07) is 20.9. The SMILES string of the molecule is CC(=O)OC(C)(C)C.CC(=O)OC(C)(C)C.CCNC(=O)Nc1nc2c([C@H]3CCCO3)c(F)c(-c3cnc(C(C)(C)O)nc3)cc2[nH]1.CCNC(=O)Nc1nc2c([C@H]3CCCO3)c(F)c(-c3cnc(C(C)(C)OP(=O)(OCc4ccccc4)OCc4ccccc4)nc3)cc2[nH]1. The Balaban J connectivity index is 0.000000233. The Bertz CT molecular complexity index is 3890. The minimum atomic E-state index is -4.17. The molecule has 28 heteroatoms. The molecule has 10 rings (SSSR count). The first-order valence-corrected chi connectivity index (χ1v) is 32.9. The van der Waals surface area contributed by atoms with Crippen LogP contribution in [0.15, 0.2) is 97.6 Å². The van der Waals surface area contributed by atoms with E-state index in [2.05, 4.69) is 61.1 Å². The number of urea groups is 2. The van der Waals surface area contributed by atoms with E-state index in [-0.39, 0.29) is 71.0 Å². The van der Waals surface area contributed by atoms with Crippen molar-refractivity contribution in [1.82, 2.24) is 50.5 Å². The molecular weight excluding hydrogens is 1260 g/mol. The molecule has 6 heterocycles. The fraction of sp³-hybridized carbons (Fsp3) is 0.441. The topological polar surface area (TPSA) is 327 Å². The zero-order chi connectivity index (χ0) is 70.2. The number of amides is 4. The quantitative estimate of drug-likeness (QED) is 0.0310. The van der Waals surface area contributed by atoms with Gasteiger partial charge in [-0.05, 0) is 132 Å². The van der Waals surface area contributed by atoms with Crippen LogP contribution in [-0.2, 0) is 71.1 Å². The van der Waals surface area contributed by atoms with Crippen LogP contribution in [0.3, 0.4) is 0 Å². The summed E-state index contributed by atoms with van der Waals surface area (Å²) in [5.74, 6) is -0.618. The number of esters is 2. The van der Waals surface area contributed by atoms with Gasteiger partial charge in [-0.15, -0.1) is 0 Å². The van der Waals surface area contributed by atoms with Gasteiger partial charge in [0.2, 0.25) is 11.9 Å². The van der Waals surface area contributed by atoms with Crippen LogP contribution < -0.4 is 21.3 Å². The molecular formula is C68H87F2N12O13P. The minimum Gasteiger partial charge on any atom is -0.460 e. The van der Waals surface area contributed by atoms with E-state index in [4.69, 9.17) is 32.5 Å². The molecule has 96 heavy (non-hydrogen) atoms. The number of H-pyrrole nitrogens is 2. The van der Waals surface area contributed by atoms with Crippen LogP contribution in [0, 0.1) is 11.6 Å². The number of carbonyl (C=O) groups is 4. The van der Waals surface area contributed by atoms with Crippen molar-refractivity contribution in [3.8, 4) is 22.3 Å². The molecule has 0 saturated carbocycles. The van der Waals surface area contributed by atoms with Gasteiger partial charge in [0.25, 0.3) is 0 Å². The first-order chi connectivity index (χ1) is 45.2. The molecule has 2 aliphatic rings. The summed E-state index contributed by atoms with van der Waals surface area (Å²) in [5.41, 5.74) is 2.22. The highest BCUT2D eigenvalue weighted by atomic mass is 31.2. The highest BCUT2D eigenvalue weighted by molar-refractivity contribution is 7.48. The molecule has 516 valence electrons. The lowest BCUT2D eigenvalue weighted by atomic mass is 9.98. The molecule has 2 atom stereocenters. The van der Waals surface area contributed by atoms with Gasteiger partial charge in [-0.2, -0.15) is 0 Å². The Morgan fingerprint density at radius 3 is 1.29 bits per heavy atom. The Labute approximate surface area is 557 Å². The van der Waals surface area contributed by atoms with E-state index in [1.807, 2.05) is 102 Å². The number of nitrogens with one attached hydrogen (secondary N) is 6. The Morgan fingerprint density at radius 1 is 0.604 bits per heavy atom. The second kappa shape index (κ2) is 32.8. The molecule has 0 unspecified atom stereocenters. The van der Waals surface area contributed by atoms with Crippen molar-refractivity contribution in [3.63, 3.8) is 0 Å². The van der Waals surface area contributed by atoms with Crippen molar-refractivity contribution in [3.05, 3.63) is 143 Å². The van der Waals surface area contributed by atoms with Crippen LogP contribution in [-0.4, -0.2) is 106 Å². The second-order valence-corrected chi connectivity index (χ2v) is 27.0. The van der Waals surface area contributed by atoms with Crippen molar-refractivity contribution in [2.45, 2.75) is 170 Å². The third kappa shape index (κ3) is 21.7. The highest BCUT2D eigenvalue weighted by Gasteiger charge is 2.39. The predicted octanol–water partition coefficient (Wildman–Crippen LogP) is 14.0. The van der Waals surface area contributed by atoms with Crippen molar-refractivity contribution in [2.24, 2.45) is 0 Å². The second-order valence-electron chi connectivity index (χ2n) is 25.4.